The fourth-order valence-electron chi connectivity index (χ4n) is 7.11. The van der Waals surface area contributed by atoms with Crippen LogP contribution in [0.5, 0.6) is 5.75 Å². The highest BCUT2D eigenvalue weighted by atomic mass is 16.5. The summed E-state index contributed by atoms with van der Waals surface area (Å²) in [5.41, 5.74) is 14.7. The van der Waals surface area contributed by atoms with Gasteiger partial charge in [-0.2, -0.15) is 0 Å². The largest absolute Gasteiger partial charge is 0.496 e. The van der Waals surface area contributed by atoms with E-state index in [2.05, 4.69) is 149 Å². The summed E-state index contributed by atoms with van der Waals surface area (Å²) in [6.07, 6.45) is 3.72. The summed E-state index contributed by atoms with van der Waals surface area (Å²) >= 11 is 0. The number of H-pyrrole nitrogens is 1. The number of hydrogen-bond donors (Lipinski definition) is 1. The summed E-state index contributed by atoms with van der Waals surface area (Å²) in [6, 6.07) is 42.9. The molecule has 4 heterocycles. The minimum atomic E-state index is -0.0101. The Bertz CT molecular complexity index is 2600. The monoisotopic (exact) mass is 692 g/mol. The van der Waals surface area contributed by atoms with Crippen LogP contribution in [0, 0.1) is 0 Å². The number of pyridine rings is 3. The first-order valence-corrected chi connectivity index (χ1v) is 18.2. The van der Waals surface area contributed by atoms with Crippen molar-refractivity contribution in [2.45, 2.75) is 52.4 Å². The van der Waals surface area contributed by atoms with Gasteiger partial charge in [0.25, 0.3) is 0 Å². The normalized spacial score (nSPS) is 12.1. The SMILES string of the molecule is COc1ccccc1-c1cc(-c2cc(C(C)(C)C)cc(C(C)(C)C)c2)cc(-c2cccc(-c3cc(-c4cccc5[nH]c6ncccc6c45)ccn3)c2)n1. The van der Waals surface area contributed by atoms with Gasteiger partial charge < -0.3 is 9.72 Å². The maximum absolute atomic E-state index is 5.83. The van der Waals surface area contributed by atoms with Crippen molar-refractivity contribution < 1.29 is 4.74 Å². The third-order valence-electron chi connectivity index (χ3n) is 10.1. The Morgan fingerprint density at radius 2 is 1.17 bits per heavy atom. The molecule has 0 aliphatic rings. The average Bonchev–Trinajstić information content (AvgIpc) is 3.56. The van der Waals surface area contributed by atoms with Gasteiger partial charge in [0.1, 0.15) is 11.4 Å². The van der Waals surface area contributed by atoms with Crippen molar-refractivity contribution in [2.24, 2.45) is 0 Å². The smallest absolute Gasteiger partial charge is 0.138 e. The van der Waals surface area contributed by atoms with Crippen LogP contribution in [-0.4, -0.2) is 27.0 Å². The highest BCUT2D eigenvalue weighted by Crippen LogP contribution is 2.39. The van der Waals surface area contributed by atoms with Crippen LogP contribution < -0.4 is 4.74 Å². The number of methoxy groups -OCH3 is 1. The van der Waals surface area contributed by atoms with Crippen LogP contribution in [0.25, 0.3) is 78.0 Å². The predicted octanol–water partition coefficient (Wildman–Crippen LogP) is 12.4. The number of aromatic nitrogens is 4. The molecule has 5 nitrogen and oxygen atoms in total. The third-order valence-corrected chi connectivity index (χ3v) is 10.1. The molecule has 4 aromatic heterocycles. The molecule has 0 amide bonds. The lowest BCUT2D eigenvalue weighted by molar-refractivity contribution is 0.416. The third kappa shape index (κ3) is 6.60. The first-order valence-electron chi connectivity index (χ1n) is 18.2. The Kier molecular flexibility index (Phi) is 8.45. The molecule has 0 spiro atoms. The highest BCUT2D eigenvalue weighted by Gasteiger charge is 2.22. The number of rotatable bonds is 6. The molecule has 0 aliphatic carbocycles. The molecule has 5 heteroatoms. The molecule has 0 atom stereocenters. The molecule has 0 radical (unpaired) electrons. The molecule has 0 bridgehead atoms. The predicted molar refractivity (Wildman–Crippen MR) is 220 cm³/mol. The van der Waals surface area contributed by atoms with Gasteiger partial charge in [-0.15, -0.1) is 0 Å². The summed E-state index contributed by atoms with van der Waals surface area (Å²) in [5.74, 6) is 0.790. The van der Waals surface area contributed by atoms with Gasteiger partial charge in [0, 0.05) is 45.4 Å². The molecular formula is C48H44N4O. The molecule has 1 N–H and O–H groups in total. The summed E-state index contributed by atoms with van der Waals surface area (Å²) in [4.78, 5) is 18.2. The molecule has 262 valence electrons. The zero-order valence-electron chi connectivity index (χ0n) is 31.5. The van der Waals surface area contributed by atoms with Crippen molar-refractivity contribution in [1.82, 2.24) is 19.9 Å². The first kappa shape index (κ1) is 34.0. The van der Waals surface area contributed by atoms with E-state index in [9.17, 15) is 0 Å². The second-order valence-corrected chi connectivity index (χ2v) is 15.9. The molecule has 4 aromatic carbocycles. The summed E-state index contributed by atoms with van der Waals surface area (Å²) in [7, 11) is 1.71. The molecule has 0 saturated heterocycles. The lowest BCUT2D eigenvalue weighted by Gasteiger charge is -2.26. The zero-order chi connectivity index (χ0) is 36.9. The summed E-state index contributed by atoms with van der Waals surface area (Å²) in [6.45, 7) is 13.7. The average molecular weight is 693 g/mol. The topological polar surface area (TPSA) is 63.7 Å². The Hall–Kier alpha value is -6.07. The van der Waals surface area contributed by atoms with Gasteiger partial charge in [-0.25, -0.2) is 9.97 Å². The van der Waals surface area contributed by atoms with Crippen LogP contribution >= 0.6 is 0 Å². The van der Waals surface area contributed by atoms with Crippen molar-refractivity contribution >= 4 is 21.9 Å². The minimum Gasteiger partial charge on any atom is -0.496 e. The number of nitrogens with one attached hydrogen (secondary N) is 1. The zero-order valence-corrected chi connectivity index (χ0v) is 31.5. The maximum atomic E-state index is 5.83. The van der Waals surface area contributed by atoms with E-state index in [1.54, 1.807) is 7.11 Å². The maximum Gasteiger partial charge on any atom is 0.138 e. The molecule has 8 aromatic rings. The van der Waals surface area contributed by atoms with E-state index < -0.39 is 0 Å². The first-order chi connectivity index (χ1) is 25.5. The Morgan fingerprint density at radius 1 is 0.509 bits per heavy atom. The molecule has 8 rings (SSSR count). The lowest BCUT2D eigenvalue weighted by Crippen LogP contribution is -2.16. The molecule has 0 saturated carbocycles. The summed E-state index contributed by atoms with van der Waals surface area (Å²) < 4.78 is 5.83. The van der Waals surface area contributed by atoms with Crippen LogP contribution in [0.2, 0.25) is 0 Å². The summed E-state index contributed by atoms with van der Waals surface area (Å²) in [5, 5.41) is 2.27. The number of fused-ring (bicyclic) bond motifs is 3. The van der Waals surface area contributed by atoms with E-state index in [1.165, 1.54) is 16.7 Å². The fourth-order valence-corrected chi connectivity index (χ4v) is 7.11. The standard InChI is InChI=1S/C48H44N4O/c1-47(2,3)35-24-33(25-36(29-35)48(4,5)6)34-27-42(51-43(28-34)38-15-8-9-19-44(38)53-7)32-14-10-13-31(23-32)41-26-30(20-22-49-41)37-16-11-18-40-45(37)39-17-12-21-50-46(39)52-40/h8-29H,1-7H3,(H,50,52). The van der Waals surface area contributed by atoms with Crippen LogP contribution in [0.1, 0.15) is 52.7 Å². The molecular weight excluding hydrogens is 649 g/mol. The van der Waals surface area contributed by atoms with E-state index in [0.29, 0.717) is 0 Å². The number of nitrogens with zero attached hydrogens (tertiary/aromatic N) is 3. The molecule has 0 aliphatic heterocycles. The van der Waals surface area contributed by atoms with Gasteiger partial charge in [-0.05, 0) is 105 Å². The van der Waals surface area contributed by atoms with Gasteiger partial charge in [0.2, 0.25) is 0 Å². The van der Waals surface area contributed by atoms with Gasteiger partial charge in [-0.1, -0.05) is 102 Å². The van der Waals surface area contributed by atoms with Crippen LogP contribution in [0.15, 0.2) is 134 Å². The number of benzene rings is 4. The van der Waals surface area contributed by atoms with Gasteiger partial charge >= 0.3 is 0 Å². The quantitative estimate of drug-likeness (QED) is 0.188. The highest BCUT2D eigenvalue weighted by molar-refractivity contribution is 6.13. The van der Waals surface area contributed by atoms with Crippen LogP contribution in [-0.2, 0) is 10.8 Å². The van der Waals surface area contributed by atoms with Crippen molar-refractivity contribution in [2.75, 3.05) is 7.11 Å². The van der Waals surface area contributed by atoms with Crippen molar-refractivity contribution in [3.63, 3.8) is 0 Å². The fraction of sp³-hybridized carbons (Fsp3) is 0.188. The van der Waals surface area contributed by atoms with Crippen molar-refractivity contribution in [1.29, 1.82) is 0 Å². The van der Waals surface area contributed by atoms with Gasteiger partial charge in [-0.3, -0.25) is 4.98 Å². The lowest BCUT2D eigenvalue weighted by atomic mass is 9.79. The number of hydrogen-bond acceptors (Lipinski definition) is 4. The minimum absolute atomic E-state index is 0.0101. The number of ether oxygens (including phenoxy) is 1. The second kappa shape index (κ2) is 13.2. The van der Waals surface area contributed by atoms with Gasteiger partial charge in [0.05, 0.1) is 24.2 Å². The van der Waals surface area contributed by atoms with E-state index >= 15 is 0 Å². The Labute approximate surface area is 311 Å². The second-order valence-electron chi connectivity index (χ2n) is 15.9. The molecule has 0 unspecified atom stereocenters. The van der Waals surface area contributed by atoms with E-state index in [1.807, 2.05) is 36.7 Å². The van der Waals surface area contributed by atoms with E-state index in [4.69, 9.17) is 14.7 Å². The number of aromatic amines is 1. The molecule has 53 heavy (non-hydrogen) atoms. The van der Waals surface area contributed by atoms with Gasteiger partial charge in [0.15, 0.2) is 0 Å². The molecule has 0 fully saturated rings. The van der Waals surface area contributed by atoms with E-state index in [-0.39, 0.29) is 10.8 Å². The Morgan fingerprint density at radius 3 is 1.92 bits per heavy atom. The van der Waals surface area contributed by atoms with Crippen LogP contribution in [0.4, 0.5) is 0 Å². The van der Waals surface area contributed by atoms with Crippen molar-refractivity contribution in [3.05, 3.63) is 145 Å². The van der Waals surface area contributed by atoms with E-state index in [0.717, 1.165) is 78.1 Å². The Balaban J connectivity index is 1.27. The number of para-hydroxylation sites is 1. The van der Waals surface area contributed by atoms with Crippen LogP contribution in [0.3, 0.4) is 0 Å². The van der Waals surface area contributed by atoms with Crippen molar-refractivity contribution in [3.8, 4) is 61.8 Å².